The second-order valence-electron chi connectivity index (χ2n) is 0. The molecule has 32 valence electrons. The first kappa shape index (κ1) is 55.0. The Kier molecular flexibility index (Phi) is 366. The topological polar surface area (TPSA) is 0 Å². The summed E-state index contributed by atoms with van der Waals surface area (Å²) in [6.45, 7) is 0. The van der Waals surface area contributed by atoms with Crippen LogP contribution in [0.2, 0.25) is 0 Å². The summed E-state index contributed by atoms with van der Waals surface area (Å²) in [5, 5.41) is 0. The predicted molar refractivity (Wildman–Crippen MR) is 7.51 cm³/mol. The minimum Gasteiger partial charge on any atom is -0.269 e. The quantitative estimate of drug-likeness (QED) is 0.522. The Labute approximate surface area is 62.1 Å². The van der Waals surface area contributed by atoms with Crippen molar-refractivity contribution in [3.8, 4) is 0 Å². The number of hydrogen-bond donors (Lipinski definition) is 0. The van der Waals surface area contributed by atoms with E-state index >= 15 is 0 Å². The first-order valence-corrected chi connectivity index (χ1v) is 0. The average molecular weight is 191 g/mol. The van der Waals surface area contributed by atoms with Gasteiger partial charge in [-0.2, -0.15) is 0 Å². The van der Waals surface area contributed by atoms with Crippen molar-refractivity contribution >= 4 is 0 Å². The van der Waals surface area contributed by atoms with Gasteiger partial charge in [-0.3, -0.25) is 14.1 Å². The van der Waals surface area contributed by atoms with Crippen molar-refractivity contribution < 1.29 is 63.0 Å². The van der Waals surface area contributed by atoms with Gasteiger partial charge in [0.1, 0.15) is 0 Å². The summed E-state index contributed by atoms with van der Waals surface area (Å²) in [5.41, 5.74) is 0. The molecule has 0 aromatic rings. The van der Waals surface area contributed by atoms with E-state index in [-0.39, 0.29) is 63.0 Å². The molecular formula is H3F3Xe. The largest absolute Gasteiger partial charge is 0.269 e. The zero-order valence-electron chi connectivity index (χ0n) is 1.58. The van der Waals surface area contributed by atoms with Gasteiger partial charge in [0.25, 0.3) is 0 Å². The van der Waals surface area contributed by atoms with Crippen LogP contribution in [0.3, 0.4) is 0 Å². The van der Waals surface area contributed by atoms with Gasteiger partial charge in [-0.1, -0.05) is 0 Å². The van der Waals surface area contributed by atoms with Crippen LogP contribution in [0.5, 0.6) is 0 Å². The van der Waals surface area contributed by atoms with Gasteiger partial charge in [-0.05, 0) is 0 Å². The smallest absolute Gasteiger partial charge is 0 e. The molecule has 0 aromatic carbocycles. The molecular weight excluding hydrogens is 188 g/mol. The van der Waals surface area contributed by atoms with Crippen LogP contribution in [-0.2, 0) is 0 Å². The molecule has 0 bridgehead atoms. The van der Waals surface area contributed by atoms with Gasteiger partial charge in [0.05, 0.1) is 0 Å². The minimum atomic E-state index is 0. The van der Waals surface area contributed by atoms with Gasteiger partial charge in [0.2, 0.25) is 0 Å². The Morgan fingerprint density at radius 1 is 0.500 bits per heavy atom. The van der Waals surface area contributed by atoms with Crippen molar-refractivity contribution in [3.63, 3.8) is 0 Å². The zero-order chi connectivity index (χ0) is 0. The van der Waals surface area contributed by atoms with E-state index in [0.29, 0.717) is 0 Å². The standard InChI is InChI=1S/3FH.Xe/h3*1H;. The molecule has 0 saturated heterocycles. The fourth-order valence-corrected chi connectivity index (χ4v) is 0. The molecule has 0 rings (SSSR count). The van der Waals surface area contributed by atoms with Gasteiger partial charge < -0.3 is 0 Å². The van der Waals surface area contributed by atoms with Gasteiger partial charge in [-0.15, -0.1) is 0 Å². The van der Waals surface area contributed by atoms with E-state index in [0.717, 1.165) is 0 Å². The minimum absolute atomic E-state index is 0. The van der Waals surface area contributed by atoms with Crippen LogP contribution >= 0.6 is 0 Å². The fraction of sp³-hybridized carbons (Fsp3) is 0. The SMILES string of the molecule is F.F.F.[Xe]. The van der Waals surface area contributed by atoms with E-state index < -0.39 is 0 Å². The summed E-state index contributed by atoms with van der Waals surface area (Å²) in [6, 6.07) is 0. The molecule has 0 fully saturated rings. The molecule has 0 amide bonds. The Hall–Kier alpha value is 1.36. The van der Waals surface area contributed by atoms with Crippen LogP contribution in [0.1, 0.15) is 0 Å². The fourth-order valence-electron chi connectivity index (χ4n) is 0. The number of hydrogen-bond acceptors (Lipinski definition) is 0. The molecule has 0 atom stereocenters. The van der Waals surface area contributed by atoms with Gasteiger partial charge >= 0.3 is 0 Å². The maximum atomic E-state index is 0. The van der Waals surface area contributed by atoms with Crippen molar-refractivity contribution in [2.45, 2.75) is 0 Å². The Morgan fingerprint density at radius 3 is 0.500 bits per heavy atom. The van der Waals surface area contributed by atoms with Crippen molar-refractivity contribution in [2.75, 3.05) is 0 Å². The molecule has 0 spiro atoms. The zero-order valence-corrected chi connectivity index (χ0v) is 3.60. The number of rotatable bonds is 0. The molecule has 0 heterocycles. The first-order valence-electron chi connectivity index (χ1n) is 0. The van der Waals surface area contributed by atoms with Gasteiger partial charge in [-0.25, -0.2) is 0 Å². The Morgan fingerprint density at radius 2 is 0.500 bits per heavy atom. The maximum Gasteiger partial charge on any atom is 0 e. The van der Waals surface area contributed by atoms with Crippen molar-refractivity contribution in [3.05, 3.63) is 0 Å². The predicted octanol–water partition coefficient (Wildman–Crippen LogP) is 0.458. The second-order valence-corrected chi connectivity index (χ2v) is 0. The molecule has 4 heteroatoms. The van der Waals surface area contributed by atoms with E-state index in [4.69, 9.17) is 0 Å². The summed E-state index contributed by atoms with van der Waals surface area (Å²) in [5.74, 6) is 0. The van der Waals surface area contributed by atoms with E-state index in [1.54, 1.807) is 0 Å². The molecule has 0 radical (unpaired) electrons. The third-order valence-corrected chi connectivity index (χ3v) is 0. The Bertz CT molecular complexity index is 3.25. The molecule has 0 aliphatic carbocycles. The van der Waals surface area contributed by atoms with Crippen LogP contribution in [0.25, 0.3) is 0 Å². The summed E-state index contributed by atoms with van der Waals surface area (Å²) in [4.78, 5) is 0. The third kappa shape index (κ3) is 10.1. The van der Waals surface area contributed by atoms with E-state index in [1.165, 1.54) is 0 Å². The van der Waals surface area contributed by atoms with Crippen molar-refractivity contribution in [1.82, 2.24) is 0 Å². The molecule has 0 unspecified atom stereocenters. The van der Waals surface area contributed by atoms with Gasteiger partial charge in [0, 0.05) is 48.9 Å². The van der Waals surface area contributed by atoms with E-state index in [2.05, 4.69) is 0 Å². The summed E-state index contributed by atoms with van der Waals surface area (Å²) >= 11 is 0. The molecule has 0 aliphatic rings. The summed E-state index contributed by atoms with van der Waals surface area (Å²) in [6.07, 6.45) is 0. The average Bonchev–Trinajstić information content (AvgIpc) is 0. The summed E-state index contributed by atoms with van der Waals surface area (Å²) in [7, 11) is 0. The molecule has 0 nitrogen and oxygen atoms in total. The first-order chi connectivity index (χ1) is 0. The van der Waals surface area contributed by atoms with Crippen LogP contribution < -0.4 is 0 Å². The molecule has 0 aromatic heterocycles. The van der Waals surface area contributed by atoms with E-state index in [9.17, 15) is 0 Å². The van der Waals surface area contributed by atoms with Crippen molar-refractivity contribution in [2.24, 2.45) is 0 Å². The van der Waals surface area contributed by atoms with Crippen LogP contribution in [-0.4, -0.2) is 0 Å². The van der Waals surface area contributed by atoms with E-state index in [1.807, 2.05) is 0 Å². The monoisotopic (exact) mass is 192 g/mol. The third-order valence-electron chi connectivity index (χ3n) is 0. The van der Waals surface area contributed by atoms with Crippen LogP contribution in [0, 0.1) is 48.9 Å². The maximum absolute atomic E-state index is 0. The normalized spacial score (nSPS) is 0. The number of halogens is 3. The molecule has 4 heavy (non-hydrogen) atoms. The second kappa shape index (κ2) is 26.6. The summed E-state index contributed by atoms with van der Waals surface area (Å²) < 4.78 is 0. The Balaban J connectivity index is 0. The van der Waals surface area contributed by atoms with Crippen LogP contribution in [0.4, 0.5) is 14.1 Å². The molecule has 0 N–H and O–H groups in total. The van der Waals surface area contributed by atoms with Crippen LogP contribution in [0.15, 0.2) is 0 Å². The van der Waals surface area contributed by atoms with Gasteiger partial charge in [0.15, 0.2) is 0 Å². The molecule has 0 aliphatic heterocycles. The van der Waals surface area contributed by atoms with Crippen molar-refractivity contribution in [1.29, 1.82) is 0 Å². The molecule has 0 saturated carbocycles.